The topological polar surface area (TPSA) is 33.1 Å². The molecule has 0 aliphatic rings. The summed E-state index contributed by atoms with van der Waals surface area (Å²) in [6.07, 6.45) is 0.875. The molecular formula is C12H23ClN4. The standard InChI is InChI=1S/C12H23ClN4/c1-6-10-12(13)11(17(5)15-10)7-14-9(2)8-16(3)4/h9,14H,6-8H2,1-5H3. The first-order chi connectivity index (χ1) is 7.95. The molecule has 98 valence electrons. The molecule has 0 amide bonds. The number of aryl methyl sites for hydroxylation is 2. The molecule has 1 N–H and O–H groups in total. The van der Waals surface area contributed by atoms with E-state index in [4.69, 9.17) is 11.6 Å². The van der Waals surface area contributed by atoms with Gasteiger partial charge in [0.15, 0.2) is 0 Å². The molecule has 1 unspecified atom stereocenters. The quantitative estimate of drug-likeness (QED) is 0.843. The van der Waals surface area contributed by atoms with Gasteiger partial charge in [0.2, 0.25) is 0 Å². The lowest BCUT2D eigenvalue weighted by atomic mass is 10.2. The van der Waals surface area contributed by atoms with Crippen LogP contribution < -0.4 is 5.32 Å². The number of nitrogens with zero attached hydrogens (tertiary/aromatic N) is 3. The van der Waals surface area contributed by atoms with Gasteiger partial charge in [0.05, 0.1) is 16.4 Å². The van der Waals surface area contributed by atoms with Crippen molar-refractivity contribution in [3.05, 3.63) is 16.4 Å². The number of aromatic nitrogens is 2. The number of nitrogens with one attached hydrogen (secondary N) is 1. The fraction of sp³-hybridized carbons (Fsp3) is 0.750. The van der Waals surface area contributed by atoms with Crippen molar-refractivity contribution in [3.8, 4) is 0 Å². The lowest BCUT2D eigenvalue weighted by Crippen LogP contribution is -2.35. The number of halogens is 1. The maximum Gasteiger partial charge on any atom is 0.0863 e. The minimum Gasteiger partial charge on any atom is -0.308 e. The first kappa shape index (κ1) is 14.5. The molecule has 0 spiro atoms. The number of likely N-dealkylation sites (N-methyl/N-ethyl adjacent to an activating group) is 1. The molecule has 0 aromatic carbocycles. The molecule has 0 saturated heterocycles. The van der Waals surface area contributed by atoms with Gasteiger partial charge in [-0.1, -0.05) is 18.5 Å². The number of hydrogen-bond donors (Lipinski definition) is 1. The predicted octanol–water partition coefficient (Wildman–Crippen LogP) is 1.68. The van der Waals surface area contributed by atoms with Gasteiger partial charge in [0, 0.05) is 26.2 Å². The molecule has 4 nitrogen and oxygen atoms in total. The van der Waals surface area contributed by atoms with Crippen molar-refractivity contribution in [3.63, 3.8) is 0 Å². The van der Waals surface area contributed by atoms with Crippen LogP contribution in [-0.4, -0.2) is 41.4 Å². The van der Waals surface area contributed by atoms with Crippen LogP contribution in [0.25, 0.3) is 0 Å². The lowest BCUT2D eigenvalue weighted by Gasteiger charge is -2.18. The summed E-state index contributed by atoms with van der Waals surface area (Å²) in [7, 11) is 6.09. The Labute approximate surface area is 109 Å². The van der Waals surface area contributed by atoms with Crippen molar-refractivity contribution in [1.82, 2.24) is 20.0 Å². The van der Waals surface area contributed by atoms with Crippen molar-refractivity contribution in [2.75, 3.05) is 20.6 Å². The Morgan fingerprint density at radius 2 is 2.12 bits per heavy atom. The monoisotopic (exact) mass is 258 g/mol. The highest BCUT2D eigenvalue weighted by molar-refractivity contribution is 6.31. The Balaban J connectivity index is 2.60. The Bertz CT molecular complexity index is 360. The van der Waals surface area contributed by atoms with Gasteiger partial charge in [-0.05, 0) is 27.4 Å². The fourth-order valence-electron chi connectivity index (χ4n) is 1.90. The van der Waals surface area contributed by atoms with E-state index in [1.807, 2.05) is 11.7 Å². The Kier molecular flexibility index (Phi) is 5.43. The zero-order chi connectivity index (χ0) is 13.0. The first-order valence-corrected chi connectivity index (χ1v) is 6.41. The first-order valence-electron chi connectivity index (χ1n) is 6.04. The average Bonchev–Trinajstić information content (AvgIpc) is 2.50. The molecule has 17 heavy (non-hydrogen) atoms. The zero-order valence-electron chi connectivity index (χ0n) is 11.4. The maximum atomic E-state index is 6.29. The molecule has 5 heteroatoms. The van der Waals surface area contributed by atoms with Gasteiger partial charge in [-0.2, -0.15) is 5.10 Å². The Hall–Kier alpha value is -0.580. The molecule has 1 aromatic rings. The van der Waals surface area contributed by atoms with Gasteiger partial charge >= 0.3 is 0 Å². The summed E-state index contributed by atoms with van der Waals surface area (Å²) < 4.78 is 1.87. The van der Waals surface area contributed by atoms with Crippen LogP contribution in [0.5, 0.6) is 0 Å². The number of hydrogen-bond acceptors (Lipinski definition) is 3. The van der Waals surface area contributed by atoms with Crippen LogP contribution in [-0.2, 0) is 20.0 Å². The molecule has 0 bridgehead atoms. The minimum absolute atomic E-state index is 0.432. The molecule has 0 saturated carbocycles. The summed E-state index contributed by atoms with van der Waals surface area (Å²) in [5, 5.41) is 8.67. The van der Waals surface area contributed by atoms with Crippen LogP contribution in [0.15, 0.2) is 0 Å². The molecule has 0 aliphatic heterocycles. The van der Waals surface area contributed by atoms with Crippen molar-refractivity contribution in [2.24, 2.45) is 7.05 Å². The number of rotatable bonds is 6. The molecule has 1 heterocycles. The third-order valence-electron chi connectivity index (χ3n) is 2.76. The van der Waals surface area contributed by atoms with Crippen LogP contribution >= 0.6 is 11.6 Å². The molecule has 0 aliphatic carbocycles. The molecule has 1 atom stereocenters. The van der Waals surface area contributed by atoms with Gasteiger partial charge in [-0.25, -0.2) is 0 Å². The third kappa shape index (κ3) is 3.98. The summed E-state index contributed by atoms with van der Waals surface area (Å²) >= 11 is 6.29. The van der Waals surface area contributed by atoms with Crippen LogP contribution in [0.2, 0.25) is 5.02 Å². The second kappa shape index (κ2) is 6.38. The van der Waals surface area contributed by atoms with E-state index in [0.717, 1.165) is 35.9 Å². The average molecular weight is 259 g/mol. The summed E-state index contributed by atoms with van der Waals surface area (Å²) in [6, 6.07) is 0.432. The Morgan fingerprint density at radius 1 is 1.47 bits per heavy atom. The zero-order valence-corrected chi connectivity index (χ0v) is 12.2. The highest BCUT2D eigenvalue weighted by atomic mass is 35.5. The van der Waals surface area contributed by atoms with Crippen LogP contribution in [0.1, 0.15) is 25.2 Å². The maximum absolute atomic E-state index is 6.29. The third-order valence-corrected chi connectivity index (χ3v) is 3.20. The van der Waals surface area contributed by atoms with E-state index in [1.54, 1.807) is 0 Å². The van der Waals surface area contributed by atoms with Crippen LogP contribution in [0.4, 0.5) is 0 Å². The van der Waals surface area contributed by atoms with Gasteiger partial charge in [0.25, 0.3) is 0 Å². The van der Waals surface area contributed by atoms with Gasteiger partial charge in [0.1, 0.15) is 0 Å². The second-order valence-electron chi connectivity index (χ2n) is 4.73. The smallest absolute Gasteiger partial charge is 0.0863 e. The van der Waals surface area contributed by atoms with Gasteiger partial charge < -0.3 is 10.2 Å². The highest BCUT2D eigenvalue weighted by Crippen LogP contribution is 2.20. The van der Waals surface area contributed by atoms with E-state index >= 15 is 0 Å². The molecule has 1 aromatic heterocycles. The van der Waals surface area contributed by atoms with E-state index in [2.05, 4.69) is 43.3 Å². The molecular weight excluding hydrogens is 236 g/mol. The van der Waals surface area contributed by atoms with Crippen molar-refractivity contribution in [2.45, 2.75) is 32.9 Å². The van der Waals surface area contributed by atoms with Crippen molar-refractivity contribution < 1.29 is 0 Å². The molecule has 1 rings (SSSR count). The lowest BCUT2D eigenvalue weighted by molar-refractivity contribution is 0.347. The second-order valence-corrected chi connectivity index (χ2v) is 5.11. The minimum atomic E-state index is 0.432. The fourth-order valence-corrected chi connectivity index (χ4v) is 2.26. The van der Waals surface area contributed by atoms with Crippen molar-refractivity contribution in [1.29, 1.82) is 0 Å². The van der Waals surface area contributed by atoms with Crippen LogP contribution in [0.3, 0.4) is 0 Å². The SMILES string of the molecule is CCc1nn(C)c(CNC(C)CN(C)C)c1Cl. The van der Waals surface area contributed by atoms with E-state index in [0.29, 0.717) is 6.04 Å². The summed E-state index contributed by atoms with van der Waals surface area (Å²) in [5.41, 5.74) is 2.04. The van der Waals surface area contributed by atoms with E-state index in [9.17, 15) is 0 Å². The predicted molar refractivity (Wildman–Crippen MR) is 72.5 cm³/mol. The summed E-state index contributed by atoms with van der Waals surface area (Å²) in [6.45, 7) is 6.01. The van der Waals surface area contributed by atoms with E-state index < -0.39 is 0 Å². The van der Waals surface area contributed by atoms with E-state index in [-0.39, 0.29) is 0 Å². The van der Waals surface area contributed by atoms with Crippen LogP contribution in [0, 0.1) is 0 Å². The highest BCUT2D eigenvalue weighted by Gasteiger charge is 2.13. The largest absolute Gasteiger partial charge is 0.308 e. The van der Waals surface area contributed by atoms with Crippen molar-refractivity contribution >= 4 is 11.6 Å². The Morgan fingerprint density at radius 3 is 2.59 bits per heavy atom. The van der Waals surface area contributed by atoms with Gasteiger partial charge in [-0.15, -0.1) is 0 Å². The molecule has 0 fully saturated rings. The van der Waals surface area contributed by atoms with Gasteiger partial charge in [-0.3, -0.25) is 4.68 Å². The summed E-state index contributed by atoms with van der Waals surface area (Å²) in [5.74, 6) is 0. The summed E-state index contributed by atoms with van der Waals surface area (Å²) in [4.78, 5) is 2.17. The normalized spacial score (nSPS) is 13.4. The van der Waals surface area contributed by atoms with E-state index in [1.165, 1.54) is 0 Å². The molecule has 0 radical (unpaired) electrons.